The molecular weight excluding hydrogens is 307 g/mol. The SMILES string of the molecule is Cc1ccccc1[C@@H](CCc1ccccc1)B1OC(C)(C)C(C)(C)O1. The Balaban J connectivity index is 1.86. The summed E-state index contributed by atoms with van der Waals surface area (Å²) in [5, 5.41) is 0. The highest BCUT2D eigenvalue weighted by atomic mass is 16.7. The average molecular weight is 336 g/mol. The third-order valence-corrected chi connectivity index (χ3v) is 5.77. The fourth-order valence-electron chi connectivity index (χ4n) is 3.46. The molecule has 0 saturated carbocycles. The summed E-state index contributed by atoms with van der Waals surface area (Å²) < 4.78 is 12.8. The number of hydrogen-bond donors (Lipinski definition) is 0. The van der Waals surface area contributed by atoms with Crippen molar-refractivity contribution in [2.75, 3.05) is 0 Å². The van der Waals surface area contributed by atoms with E-state index in [9.17, 15) is 0 Å². The molecule has 2 nitrogen and oxygen atoms in total. The minimum Gasteiger partial charge on any atom is -0.403 e. The molecule has 1 aliphatic rings. The fraction of sp³-hybridized carbons (Fsp3) is 0.455. The minimum absolute atomic E-state index is 0.213. The zero-order valence-corrected chi connectivity index (χ0v) is 16.1. The van der Waals surface area contributed by atoms with Crippen molar-refractivity contribution in [1.29, 1.82) is 0 Å². The van der Waals surface area contributed by atoms with E-state index in [2.05, 4.69) is 89.2 Å². The molecule has 2 aromatic carbocycles. The molecule has 2 aromatic rings. The van der Waals surface area contributed by atoms with Crippen LogP contribution in [0.15, 0.2) is 54.6 Å². The number of hydrogen-bond acceptors (Lipinski definition) is 2. The standard InChI is InChI=1S/C22H29BO2/c1-17-11-9-10-14-19(17)20(16-15-18-12-7-6-8-13-18)23-24-21(2,3)22(4,5)25-23/h6-14,20H,15-16H2,1-5H3/t20-/m1/s1. The molecule has 0 N–H and O–H groups in total. The van der Waals surface area contributed by atoms with Crippen molar-refractivity contribution in [3.05, 3.63) is 71.3 Å². The lowest BCUT2D eigenvalue weighted by Gasteiger charge is -2.32. The van der Waals surface area contributed by atoms with Gasteiger partial charge in [0.25, 0.3) is 0 Å². The number of aryl methyl sites for hydroxylation is 2. The maximum atomic E-state index is 6.40. The second-order valence-electron chi connectivity index (χ2n) is 8.11. The summed E-state index contributed by atoms with van der Waals surface area (Å²) in [4.78, 5) is 0. The van der Waals surface area contributed by atoms with E-state index in [0.717, 1.165) is 12.8 Å². The van der Waals surface area contributed by atoms with Crippen LogP contribution in [0.3, 0.4) is 0 Å². The predicted molar refractivity (Wildman–Crippen MR) is 105 cm³/mol. The van der Waals surface area contributed by atoms with Crippen molar-refractivity contribution >= 4 is 7.12 Å². The first kappa shape index (κ1) is 18.2. The molecule has 0 unspecified atom stereocenters. The lowest BCUT2D eigenvalue weighted by Crippen LogP contribution is -2.41. The summed E-state index contributed by atoms with van der Waals surface area (Å²) in [6.07, 6.45) is 2.02. The molecule has 0 amide bonds. The van der Waals surface area contributed by atoms with Gasteiger partial charge < -0.3 is 9.31 Å². The van der Waals surface area contributed by atoms with Crippen molar-refractivity contribution in [1.82, 2.24) is 0 Å². The minimum atomic E-state index is -0.300. The summed E-state index contributed by atoms with van der Waals surface area (Å²) in [7, 11) is -0.213. The van der Waals surface area contributed by atoms with Crippen LogP contribution in [0, 0.1) is 6.92 Å². The first-order valence-corrected chi connectivity index (χ1v) is 9.25. The van der Waals surface area contributed by atoms with E-state index in [1.165, 1.54) is 16.7 Å². The topological polar surface area (TPSA) is 18.5 Å². The molecule has 1 atom stereocenters. The first-order valence-electron chi connectivity index (χ1n) is 9.25. The fourth-order valence-corrected chi connectivity index (χ4v) is 3.46. The lowest BCUT2D eigenvalue weighted by molar-refractivity contribution is 0.00578. The summed E-state index contributed by atoms with van der Waals surface area (Å²) >= 11 is 0. The molecule has 1 aliphatic heterocycles. The third kappa shape index (κ3) is 3.83. The molecule has 3 rings (SSSR count). The zero-order valence-electron chi connectivity index (χ0n) is 16.1. The molecule has 0 aromatic heterocycles. The van der Waals surface area contributed by atoms with Gasteiger partial charge in [-0.2, -0.15) is 0 Å². The van der Waals surface area contributed by atoms with E-state index in [0.29, 0.717) is 0 Å². The van der Waals surface area contributed by atoms with Crippen LogP contribution in [0.25, 0.3) is 0 Å². The molecule has 1 saturated heterocycles. The molecule has 0 bridgehead atoms. The van der Waals surface area contributed by atoms with Gasteiger partial charge in [0.15, 0.2) is 0 Å². The largest absolute Gasteiger partial charge is 0.465 e. The summed E-state index contributed by atoms with van der Waals surface area (Å²) in [6.45, 7) is 10.7. The predicted octanol–water partition coefficient (Wildman–Crippen LogP) is 5.34. The monoisotopic (exact) mass is 336 g/mol. The van der Waals surface area contributed by atoms with Gasteiger partial charge in [-0.05, 0) is 64.2 Å². The normalized spacial score (nSPS) is 19.8. The highest BCUT2D eigenvalue weighted by Gasteiger charge is 2.53. The summed E-state index contributed by atoms with van der Waals surface area (Å²) in [5.74, 6) is 0.224. The highest BCUT2D eigenvalue weighted by Crippen LogP contribution is 2.42. The van der Waals surface area contributed by atoms with Crippen LogP contribution in [0.4, 0.5) is 0 Å². The molecule has 0 spiro atoms. The Labute approximate surface area is 152 Å². The highest BCUT2D eigenvalue weighted by molar-refractivity contribution is 6.47. The zero-order chi connectivity index (χ0) is 18.1. The van der Waals surface area contributed by atoms with Crippen molar-refractivity contribution in [2.45, 2.75) is 64.5 Å². The van der Waals surface area contributed by atoms with Crippen LogP contribution >= 0.6 is 0 Å². The maximum Gasteiger partial charge on any atom is 0.465 e. The van der Waals surface area contributed by atoms with Crippen LogP contribution in [0.5, 0.6) is 0 Å². The van der Waals surface area contributed by atoms with Gasteiger partial charge in [-0.15, -0.1) is 0 Å². The average Bonchev–Trinajstić information content (AvgIpc) is 2.78. The second kappa shape index (κ2) is 6.97. The van der Waals surface area contributed by atoms with E-state index < -0.39 is 0 Å². The summed E-state index contributed by atoms with van der Waals surface area (Å²) in [5.41, 5.74) is 3.39. The molecule has 25 heavy (non-hydrogen) atoms. The maximum absolute atomic E-state index is 6.40. The van der Waals surface area contributed by atoms with Crippen molar-refractivity contribution in [3.63, 3.8) is 0 Å². The molecule has 0 aliphatic carbocycles. The van der Waals surface area contributed by atoms with E-state index in [4.69, 9.17) is 9.31 Å². The smallest absolute Gasteiger partial charge is 0.403 e. The van der Waals surface area contributed by atoms with E-state index >= 15 is 0 Å². The molecule has 1 fully saturated rings. The Morgan fingerprint density at radius 2 is 1.40 bits per heavy atom. The van der Waals surface area contributed by atoms with E-state index in [1.54, 1.807) is 0 Å². The molecular formula is C22H29BO2. The number of rotatable bonds is 5. The Bertz CT molecular complexity index is 693. The summed E-state index contributed by atoms with van der Waals surface area (Å²) in [6, 6.07) is 19.3. The Morgan fingerprint density at radius 1 is 0.840 bits per heavy atom. The van der Waals surface area contributed by atoms with Gasteiger partial charge in [-0.1, -0.05) is 54.6 Å². The third-order valence-electron chi connectivity index (χ3n) is 5.77. The van der Waals surface area contributed by atoms with Gasteiger partial charge in [0, 0.05) is 5.82 Å². The van der Waals surface area contributed by atoms with Crippen LogP contribution in [0.1, 0.15) is 56.6 Å². The van der Waals surface area contributed by atoms with Crippen molar-refractivity contribution < 1.29 is 9.31 Å². The van der Waals surface area contributed by atoms with E-state index in [1.807, 2.05) is 0 Å². The van der Waals surface area contributed by atoms with Crippen LogP contribution in [0.2, 0.25) is 0 Å². The molecule has 132 valence electrons. The first-order chi connectivity index (χ1) is 11.8. The molecule has 0 radical (unpaired) electrons. The van der Waals surface area contributed by atoms with E-state index in [-0.39, 0.29) is 24.1 Å². The van der Waals surface area contributed by atoms with Crippen molar-refractivity contribution in [3.8, 4) is 0 Å². The van der Waals surface area contributed by atoms with Gasteiger partial charge in [-0.25, -0.2) is 0 Å². The van der Waals surface area contributed by atoms with Crippen LogP contribution in [-0.4, -0.2) is 18.3 Å². The van der Waals surface area contributed by atoms with Gasteiger partial charge in [0.2, 0.25) is 0 Å². The molecule has 3 heteroatoms. The van der Waals surface area contributed by atoms with Gasteiger partial charge in [-0.3, -0.25) is 0 Å². The van der Waals surface area contributed by atoms with Gasteiger partial charge in [0.05, 0.1) is 11.2 Å². The Morgan fingerprint density at radius 3 is 2.00 bits per heavy atom. The Kier molecular flexibility index (Phi) is 5.08. The quantitative estimate of drug-likeness (QED) is 0.686. The van der Waals surface area contributed by atoms with Crippen molar-refractivity contribution in [2.24, 2.45) is 0 Å². The van der Waals surface area contributed by atoms with Gasteiger partial charge in [0.1, 0.15) is 0 Å². The molecule has 1 heterocycles. The van der Waals surface area contributed by atoms with Crippen LogP contribution in [-0.2, 0) is 15.7 Å². The van der Waals surface area contributed by atoms with Gasteiger partial charge >= 0.3 is 7.12 Å². The van der Waals surface area contributed by atoms with Crippen LogP contribution < -0.4 is 0 Å². The Hall–Kier alpha value is -1.58. The lowest BCUT2D eigenvalue weighted by atomic mass is 9.64. The number of benzene rings is 2. The second-order valence-corrected chi connectivity index (χ2v) is 8.11.